The maximum Gasteiger partial charge on any atom is 0.306 e. The molecule has 1 amide bonds. The largest absolute Gasteiger partial charge is 0.466 e. The van der Waals surface area contributed by atoms with Gasteiger partial charge in [-0.15, -0.1) is 0 Å². The molecule has 0 aromatic heterocycles. The highest BCUT2D eigenvalue weighted by molar-refractivity contribution is 5.83. The van der Waals surface area contributed by atoms with E-state index in [2.05, 4.69) is 24.2 Å². The van der Waals surface area contributed by atoms with E-state index in [0.29, 0.717) is 32.5 Å². The first-order valence-corrected chi connectivity index (χ1v) is 18.5. The molecule has 5 N–H and O–H groups in total. The molecular weight excluding hydrogens is 536 g/mol. The number of carbonyl (C=O) groups excluding carboxylic acids is 2. The zero-order chi connectivity index (χ0) is 31.6. The predicted molar refractivity (Wildman–Crippen MR) is 184 cm³/mol. The lowest BCUT2D eigenvalue weighted by atomic mass is 9.98. The lowest BCUT2D eigenvalue weighted by Gasteiger charge is -2.16. The van der Waals surface area contributed by atoms with Crippen molar-refractivity contribution in [2.45, 2.75) is 187 Å². The van der Waals surface area contributed by atoms with Gasteiger partial charge in [-0.1, -0.05) is 155 Å². The highest BCUT2D eigenvalue weighted by atomic mass is 16.5. The van der Waals surface area contributed by atoms with Crippen LogP contribution in [0.3, 0.4) is 0 Å². The molecule has 0 heterocycles. The van der Waals surface area contributed by atoms with E-state index in [9.17, 15) is 9.59 Å². The molecule has 0 rings (SSSR count). The van der Waals surface area contributed by atoms with Crippen LogP contribution in [0.25, 0.3) is 0 Å². The summed E-state index contributed by atoms with van der Waals surface area (Å²) in [6.45, 7) is 6.08. The number of amides is 1. The molecule has 0 saturated carbocycles. The second-order valence-corrected chi connectivity index (χ2v) is 12.6. The Morgan fingerprint density at radius 1 is 0.605 bits per heavy atom. The lowest BCUT2D eigenvalue weighted by Crippen LogP contribution is -2.33. The summed E-state index contributed by atoms with van der Waals surface area (Å²) in [5.41, 5.74) is 10.8. The van der Waals surface area contributed by atoms with E-state index in [1.807, 2.05) is 0 Å². The third-order valence-electron chi connectivity index (χ3n) is 8.38. The number of hydrogen-bond donors (Lipinski definition) is 3. The summed E-state index contributed by atoms with van der Waals surface area (Å²) >= 11 is 0. The molecule has 7 heteroatoms. The molecule has 0 spiro atoms. The van der Waals surface area contributed by atoms with E-state index < -0.39 is 5.92 Å². The minimum absolute atomic E-state index is 0.0505. The molecule has 0 radical (unpaired) electrons. The lowest BCUT2D eigenvalue weighted by molar-refractivity contribution is -0.147. The van der Waals surface area contributed by atoms with Crippen molar-refractivity contribution < 1.29 is 14.3 Å². The number of guanidine groups is 1. The van der Waals surface area contributed by atoms with Crippen molar-refractivity contribution in [3.8, 4) is 0 Å². The van der Waals surface area contributed by atoms with Crippen LogP contribution in [0.2, 0.25) is 0 Å². The normalized spacial score (nSPS) is 11.8. The molecule has 0 fully saturated rings. The third kappa shape index (κ3) is 31.4. The molecular formula is C36H72N4O3. The monoisotopic (exact) mass is 609 g/mol. The number of unbranched alkanes of at least 4 members (excludes halogenated alkanes) is 22. The Balaban J connectivity index is 4.00. The molecule has 43 heavy (non-hydrogen) atoms. The highest BCUT2D eigenvalue weighted by Crippen LogP contribution is 2.16. The predicted octanol–water partition coefficient (Wildman–Crippen LogP) is 9.11. The number of carbonyl (C=O) groups is 2. The zero-order valence-electron chi connectivity index (χ0n) is 28.6. The van der Waals surface area contributed by atoms with E-state index in [-0.39, 0.29) is 24.3 Å². The van der Waals surface area contributed by atoms with Crippen LogP contribution in [-0.2, 0) is 14.3 Å². The van der Waals surface area contributed by atoms with Crippen LogP contribution >= 0.6 is 0 Å². The molecule has 7 nitrogen and oxygen atoms in total. The minimum Gasteiger partial charge on any atom is -0.466 e. The molecule has 0 bridgehead atoms. The topological polar surface area (TPSA) is 120 Å². The van der Waals surface area contributed by atoms with Gasteiger partial charge >= 0.3 is 5.97 Å². The molecule has 0 unspecified atom stereocenters. The van der Waals surface area contributed by atoms with Crippen molar-refractivity contribution in [3.63, 3.8) is 0 Å². The van der Waals surface area contributed by atoms with Crippen molar-refractivity contribution >= 4 is 17.8 Å². The number of nitrogens with one attached hydrogen (secondary N) is 1. The first kappa shape index (κ1) is 41.2. The Morgan fingerprint density at radius 2 is 1.02 bits per heavy atom. The van der Waals surface area contributed by atoms with Crippen molar-refractivity contribution in [2.24, 2.45) is 22.4 Å². The number of rotatable bonds is 33. The SMILES string of the molecule is CCCCCCCCCCCCCCCCOC(=O)C[C@@H](CCCN=C(N)N)C(=O)NCCCCCCCCCCCC. The van der Waals surface area contributed by atoms with Crippen LogP contribution in [0.5, 0.6) is 0 Å². The van der Waals surface area contributed by atoms with Crippen LogP contribution in [0.15, 0.2) is 4.99 Å². The second-order valence-electron chi connectivity index (χ2n) is 12.6. The Labute approximate surface area is 266 Å². The van der Waals surface area contributed by atoms with Gasteiger partial charge in [0.2, 0.25) is 5.91 Å². The highest BCUT2D eigenvalue weighted by Gasteiger charge is 2.22. The fourth-order valence-electron chi connectivity index (χ4n) is 5.58. The Bertz CT molecular complexity index is 652. The van der Waals surface area contributed by atoms with Gasteiger partial charge in [-0.05, 0) is 25.7 Å². The summed E-state index contributed by atoms with van der Waals surface area (Å²) in [4.78, 5) is 29.4. The van der Waals surface area contributed by atoms with Gasteiger partial charge in [0.25, 0.3) is 0 Å². The Morgan fingerprint density at radius 3 is 1.47 bits per heavy atom. The van der Waals surface area contributed by atoms with Gasteiger partial charge < -0.3 is 21.5 Å². The van der Waals surface area contributed by atoms with Gasteiger partial charge in [0.15, 0.2) is 5.96 Å². The number of nitrogens with two attached hydrogens (primary N) is 2. The summed E-state index contributed by atoms with van der Waals surface area (Å²) < 4.78 is 5.50. The summed E-state index contributed by atoms with van der Waals surface area (Å²) in [7, 11) is 0. The maximum absolute atomic E-state index is 12.9. The average molecular weight is 609 g/mol. The molecule has 0 aliphatic carbocycles. The van der Waals surface area contributed by atoms with Crippen LogP contribution < -0.4 is 16.8 Å². The first-order chi connectivity index (χ1) is 21.0. The first-order valence-electron chi connectivity index (χ1n) is 18.5. The quantitative estimate of drug-likeness (QED) is 0.0297. The molecule has 0 aromatic rings. The van der Waals surface area contributed by atoms with E-state index in [4.69, 9.17) is 16.2 Å². The van der Waals surface area contributed by atoms with Crippen LogP contribution in [0.4, 0.5) is 0 Å². The summed E-state index contributed by atoms with van der Waals surface area (Å²) in [6, 6.07) is 0. The third-order valence-corrected chi connectivity index (χ3v) is 8.38. The number of nitrogens with zero attached hydrogens (tertiary/aromatic N) is 1. The minimum atomic E-state index is -0.402. The molecule has 254 valence electrons. The van der Waals surface area contributed by atoms with Crippen LogP contribution in [0, 0.1) is 5.92 Å². The van der Waals surface area contributed by atoms with Gasteiger partial charge in [0, 0.05) is 19.0 Å². The standard InChI is InChI=1S/C36H72N4O3/c1-3-5-7-9-11-13-15-16-17-18-20-22-24-26-31-43-34(41)32-33(28-27-30-40-36(37)38)35(42)39-29-25-23-21-19-14-12-10-8-6-4-2/h33H,3-32H2,1-2H3,(H,39,42)(H4,37,38,40)/t33-/m1/s1. The van der Waals surface area contributed by atoms with Crippen molar-refractivity contribution in [3.05, 3.63) is 0 Å². The molecule has 0 aliphatic rings. The molecule has 0 saturated heterocycles. The number of esters is 1. The number of ether oxygens (including phenoxy) is 1. The molecule has 0 aromatic carbocycles. The number of aliphatic imine (C=N–C) groups is 1. The van der Waals surface area contributed by atoms with E-state index in [1.165, 1.54) is 128 Å². The zero-order valence-corrected chi connectivity index (χ0v) is 28.6. The van der Waals surface area contributed by atoms with Crippen LogP contribution in [0.1, 0.15) is 187 Å². The van der Waals surface area contributed by atoms with Crippen molar-refractivity contribution in [1.82, 2.24) is 5.32 Å². The molecule has 0 aliphatic heterocycles. The fraction of sp³-hybridized carbons (Fsp3) is 0.917. The fourth-order valence-corrected chi connectivity index (χ4v) is 5.58. The van der Waals surface area contributed by atoms with Crippen LogP contribution in [-0.4, -0.2) is 37.5 Å². The van der Waals surface area contributed by atoms with Gasteiger partial charge in [-0.25, -0.2) is 0 Å². The van der Waals surface area contributed by atoms with Crippen molar-refractivity contribution in [2.75, 3.05) is 19.7 Å². The van der Waals surface area contributed by atoms with E-state index in [1.54, 1.807) is 0 Å². The smallest absolute Gasteiger partial charge is 0.306 e. The maximum atomic E-state index is 12.9. The van der Waals surface area contributed by atoms with E-state index >= 15 is 0 Å². The van der Waals surface area contributed by atoms with E-state index in [0.717, 1.165) is 25.7 Å². The Kier molecular flexibility index (Phi) is 31.7. The van der Waals surface area contributed by atoms with Gasteiger partial charge in [-0.2, -0.15) is 0 Å². The average Bonchev–Trinajstić information content (AvgIpc) is 2.99. The van der Waals surface area contributed by atoms with Crippen molar-refractivity contribution in [1.29, 1.82) is 0 Å². The summed E-state index contributed by atoms with van der Waals surface area (Å²) in [5, 5.41) is 3.05. The van der Waals surface area contributed by atoms with Gasteiger partial charge in [0.1, 0.15) is 0 Å². The number of hydrogen-bond acceptors (Lipinski definition) is 4. The Hall–Kier alpha value is -1.79. The molecule has 1 atom stereocenters. The summed E-state index contributed by atoms with van der Waals surface area (Å²) in [5.74, 6) is -0.694. The van der Waals surface area contributed by atoms with Gasteiger partial charge in [0.05, 0.1) is 13.0 Å². The summed E-state index contributed by atoms with van der Waals surface area (Å²) in [6.07, 6.45) is 32.1. The second kappa shape index (κ2) is 33.1. The van der Waals surface area contributed by atoms with Gasteiger partial charge in [-0.3, -0.25) is 14.6 Å².